The number of hydrogen-bond acceptors (Lipinski definition) is 6. The predicted molar refractivity (Wildman–Crippen MR) is 93.7 cm³/mol. The molecule has 0 radical (unpaired) electrons. The fraction of sp³-hybridized carbons (Fsp3) is 0.125. The summed E-state index contributed by atoms with van der Waals surface area (Å²) < 4.78 is 28.6. The van der Waals surface area contributed by atoms with Gasteiger partial charge >= 0.3 is 0 Å². The second kappa shape index (κ2) is 7.42. The second-order valence-electron chi connectivity index (χ2n) is 5.30. The minimum Gasteiger partial charge on any atom is -0.271 e. The van der Waals surface area contributed by atoms with E-state index in [1.54, 1.807) is 29.2 Å². The molecule has 2 aromatic heterocycles. The van der Waals surface area contributed by atoms with Gasteiger partial charge in [0.25, 0.3) is 5.69 Å². The second-order valence-corrected chi connectivity index (χ2v) is 7.04. The van der Waals surface area contributed by atoms with Crippen LogP contribution < -0.4 is 4.72 Å². The van der Waals surface area contributed by atoms with Crippen LogP contribution in [0.25, 0.3) is 11.4 Å². The van der Waals surface area contributed by atoms with Crippen LogP contribution in [0.2, 0.25) is 0 Å². The minimum absolute atomic E-state index is 0.0394. The van der Waals surface area contributed by atoms with Gasteiger partial charge in [-0.3, -0.25) is 19.8 Å². The van der Waals surface area contributed by atoms with Crippen LogP contribution in [0, 0.1) is 10.1 Å². The highest BCUT2D eigenvalue weighted by molar-refractivity contribution is 7.89. The van der Waals surface area contributed by atoms with E-state index in [4.69, 9.17) is 0 Å². The van der Waals surface area contributed by atoms with E-state index in [-0.39, 0.29) is 18.0 Å². The van der Waals surface area contributed by atoms with Crippen LogP contribution in [0.3, 0.4) is 0 Å². The third kappa shape index (κ3) is 3.92. The average Bonchev–Trinajstić information content (AvgIpc) is 3.11. The van der Waals surface area contributed by atoms with Crippen molar-refractivity contribution in [2.75, 3.05) is 6.54 Å². The molecule has 0 unspecified atom stereocenters. The molecule has 0 aliphatic heterocycles. The first-order chi connectivity index (χ1) is 12.5. The number of para-hydroxylation sites is 1. The lowest BCUT2D eigenvalue weighted by molar-refractivity contribution is -0.387. The number of nitro benzene ring substituents is 1. The van der Waals surface area contributed by atoms with E-state index in [0.717, 1.165) is 6.07 Å². The molecule has 0 atom stereocenters. The number of hydrogen-bond donors (Lipinski definition) is 1. The lowest BCUT2D eigenvalue weighted by Gasteiger charge is -2.07. The molecule has 2 heterocycles. The summed E-state index contributed by atoms with van der Waals surface area (Å²) >= 11 is 0. The SMILES string of the molecule is O=[N+]([O-])c1ccccc1S(=O)(=O)NCCn1ccc(-c2ccccn2)n1. The first-order valence-corrected chi connectivity index (χ1v) is 9.13. The van der Waals surface area contributed by atoms with Crippen LogP contribution in [0.1, 0.15) is 0 Å². The highest BCUT2D eigenvalue weighted by Crippen LogP contribution is 2.22. The number of pyridine rings is 1. The Morgan fingerprint density at radius 2 is 1.85 bits per heavy atom. The van der Waals surface area contributed by atoms with Gasteiger partial charge in [-0.1, -0.05) is 18.2 Å². The molecule has 0 fully saturated rings. The zero-order chi connectivity index (χ0) is 18.6. The summed E-state index contributed by atoms with van der Waals surface area (Å²) in [6.07, 6.45) is 3.37. The smallest absolute Gasteiger partial charge is 0.271 e. The Kier molecular flexibility index (Phi) is 5.05. The molecule has 1 N–H and O–H groups in total. The molecule has 26 heavy (non-hydrogen) atoms. The van der Waals surface area contributed by atoms with Gasteiger partial charge in [-0.25, -0.2) is 13.1 Å². The number of nitrogens with zero attached hydrogens (tertiary/aromatic N) is 4. The quantitative estimate of drug-likeness (QED) is 0.498. The van der Waals surface area contributed by atoms with Gasteiger partial charge in [0.1, 0.15) is 5.69 Å². The molecule has 3 rings (SSSR count). The molecule has 0 saturated heterocycles. The molecule has 134 valence electrons. The van der Waals surface area contributed by atoms with E-state index in [9.17, 15) is 18.5 Å². The third-order valence-electron chi connectivity index (χ3n) is 3.55. The van der Waals surface area contributed by atoms with Crippen LogP contribution in [0.4, 0.5) is 5.69 Å². The number of benzene rings is 1. The monoisotopic (exact) mass is 373 g/mol. The molecular formula is C16H15N5O4S. The van der Waals surface area contributed by atoms with Crippen LogP contribution in [0.5, 0.6) is 0 Å². The lowest BCUT2D eigenvalue weighted by atomic mass is 10.3. The number of sulfonamides is 1. The largest absolute Gasteiger partial charge is 0.289 e. The Bertz CT molecular complexity index is 1020. The zero-order valence-corrected chi connectivity index (χ0v) is 14.3. The van der Waals surface area contributed by atoms with Crippen LogP contribution in [-0.2, 0) is 16.6 Å². The van der Waals surface area contributed by atoms with Gasteiger partial charge in [-0.15, -0.1) is 0 Å². The van der Waals surface area contributed by atoms with Gasteiger partial charge in [-0.05, 0) is 24.3 Å². The average molecular weight is 373 g/mol. The maximum absolute atomic E-state index is 12.3. The first-order valence-electron chi connectivity index (χ1n) is 7.65. The van der Waals surface area contributed by atoms with E-state index in [2.05, 4.69) is 14.8 Å². The van der Waals surface area contributed by atoms with Gasteiger partial charge in [0, 0.05) is 25.0 Å². The molecule has 0 aliphatic carbocycles. The maximum atomic E-state index is 12.3. The highest BCUT2D eigenvalue weighted by atomic mass is 32.2. The van der Waals surface area contributed by atoms with Crippen molar-refractivity contribution in [2.24, 2.45) is 0 Å². The van der Waals surface area contributed by atoms with E-state index >= 15 is 0 Å². The van der Waals surface area contributed by atoms with Crippen molar-refractivity contribution in [3.05, 3.63) is 71.0 Å². The molecule has 0 bridgehead atoms. The Labute approximate surface area is 149 Å². The van der Waals surface area contributed by atoms with Gasteiger partial charge in [-0.2, -0.15) is 5.10 Å². The fourth-order valence-corrected chi connectivity index (χ4v) is 3.54. The van der Waals surface area contributed by atoms with Crippen LogP contribution >= 0.6 is 0 Å². The number of rotatable bonds is 7. The summed E-state index contributed by atoms with van der Waals surface area (Å²) in [7, 11) is -4.00. The molecule has 3 aromatic rings. The van der Waals surface area contributed by atoms with Gasteiger partial charge in [0.05, 0.1) is 17.2 Å². The summed E-state index contributed by atoms with van der Waals surface area (Å²) in [5.74, 6) is 0. The highest BCUT2D eigenvalue weighted by Gasteiger charge is 2.24. The molecule has 1 aromatic carbocycles. The Hall–Kier alpha value is -3.11. The summed E-state index contributed by atoms with van der Waals surface area (Å²) in [5, 5.41) is 15.3. The molecular weight excluding hydrogens is 358 g/mol. The Balaban J connectivity index is 1.67. The van der Waals surface area contributed by atoms with Crippen molar-refractivity contribution < 1.29 is 13.3 Å². The van der Waals surface area contributed by atoms with E-state index < -0.39 is 20.6 Å². The normalized spacial score (nSPS) is 11.4. The van der Waals surface area contributed by atoms with E-state index in [1.165, 1.54) is 18.2 Å². The summed E-state index contributed by atoms with van der Waals surface area (Å²) in [6, 6.07) is 12.5. The molecule has 9 nitrogen and oxygen atoms in total. The van der Waals surface area contributed by atoms with Gasteiger partial charge in [0.2, 0.25) is 10.0 Å². The summed E-state index contributed by atoms with van der Waals surface area (Å²) in [5.41, 5.74) is 0.926. The van der Waals surface area contributed by atoms with E-state index in [0.29, 0.717) is 11.4 Å². The number of nitro groups is 1. The van der Waals surface area contributed by atoms with Crippen molar-refractivity contribution in [1.29, 1.82) is 0 Å². The third-order valence-corrected chi connectivity index (χ3v) is 5.06. The van der Waals surface area contributed by atoms with Gasteiger partial charge < -0.3 is 0 Å². The zero-order valence-electron chi connectivity index (χ0n) is 13.5. The van der Waals surface area contributed by atoms with E-state index in [1.807, 2.05) is 12.1 Å². The molecule has 0 aliphatic rings. The Morgan fingerprint density at radius 3 is 2.58 bits per heavy atom. The number of nitrogens with one attached hydrogen (secondary N) is 1. The molecule has 10 heteroatoms. The molecule has 0 amide bonds. The van der Waals surface area contributed by atoms with Crippen molar-refractivity contribution in [3.63, 3.8) is 0 Å². The Morgan fingerprint density at radius 1 is 1.08 bits per heavy atom. The fourth-order valence-electron chi connectivity index (χ4n) is 2.34. The number of aromatic nitrogens is 3. The summed E-state index contributed by atoms with van der Waals surface area (Å²) in [6.45, 7) is 0.310. The predicted octanol–water partition coefficient (Wildman–Crippen LogP) is 1.83. The summed E-state index contributed by atoms with van der Waals surface area (Å²) in [4.78, 5) is 14.1. The topological polar surface area (TPSA) is 120 Å². The molecule has 0 spiro atoms. The lowest BCUT2D eigenvalue weighted by Crippen LogP contribution is -2.28. The van der Waals surface area contributed by atoms with Gasteiger partial charge in [0.15, 0.2) is 4.90 Å². The van der Waals surface area contributed by atoms with Crippen LogP contribution in [0.15, 0.2) is 65.8 Å². The maximum Gasteiger partial charge on any atom is 0.289 e. The first kappa shape index (κ1) is 17.7. The van der Waals surface area contributed by atoms with Crippen molar-refractivity contribution >= 4 is 15.7 Å². The van der Waals surface area contributed by atoms with Crippen molar-refractivity contribution in [1.82, 2.24) is 19.5 Å². The molecule has 0 saturated carbocycles. The van der Waals surface area contributed by atoms with Crippen LogP contribution in [-0.4, -0.2) is 34.7 Å². The van der Waals surface area contributed by atoms with Crippen molar-refractivity contribution in [3.8, 4) is 11.4 Å². The van der Waals surface area contributed by atoms with Crippen molar-refractivity contribution in [2.45, 2.75) is 11.4 Å². The standard InChI is InChI=1S/C16H15N5O4S/c22-21(23)15-6-1-2-7-16(15)26(24,25)18-10-12-20-11-8-14(19-20)13-5-3-4-9-17-13/h1-9,11,18H,10,12H2. The minimum atomic E-state index is -4.00.